The van der Waals surface area contributed by atoms with Crippen LogP contribution in [0.4, 0.5) is 0 Å². The van der Waals surface area contributed by atoms with Gasteiger partial charge in [-0.15, -0.1) is 0 Å². The molecule has 3 heterocycles. The predicted octanol–water partition coefficient (Wildman–Crippen LogP) is 4.92. The first-order valence-electron chi connectivity index (χ1n) is 12.5. The molecule has 3 aromatic carbocycles. The molecule has 6 rings (SSSR count). The summed E-state index contributed by atoms with van der Waals surface area (Å²) >= 11 is 0. The van der Waals surface area contributed by atoms with Crippen LogP contribution in [-0.4, -0.2) is 25.1 Å². The van der Waals surface area contributed by atoms with E-state index >= 15 is 0 Å². The minimum atomic E-state index is -0.507. The van der Waals surface area contributed by atoms with Gasteiger partial charge in [0, 0.05) is 34.9 Å². The maximum atomic E-state index is 14.1. The fourth-order valence-electron chi connectivity index (χ4n) is 4.64. The Bertz CT molecular complexity index is 1950. The Kier molecular flexibility index (Phi) is 6.20. The van der Waals surface area contributed by atoms with Crippen molar-refractivity contribution in [2.75, 3.05) is 0 Å². The average molecular weight is 510 g/mol. The molecule has 39 heavy (non-hydrogen) atoms. The summed E-state index contributed by atoms with van der Waals surface area (Å²) < 4.78 is 3.20. The Morgan fingerprint density at radius 1 is 0.923 bits per heavy atom. The van der Waals surface area contributed by atoms with Gasteiger partial charge in [0.1, 0.15) is 5.56 Å². The fourth-order valence-corrected chi connectivity index (χ4v) is 4.64. The van der Waals surface area contributed by atoms with E-state index in [1.807, 2.05) is 91.9 Å². The van der Waals surface area contributed by atoms with Crippen molar-refractivity contribution in [3.05, 3.63) is 142 Å². The van der Waals surface area contributed by atoms with E-state index in [1.165, 1.54) is 6.20 Å². The number of nitrogens with zero attached hydrogens (tertiary/aromatic N) is 4. The summed E-state index contributed by atoms with van der Waals surface area (Å²) in [5, 5.41) is 8.53. The van der Waals surface area contributed by atoms with Gasteiger partial charge >= 0.3 is 0 Å². The van der Waals surface area contributed by atoms with Crippen LogP contribution in [0, 0.1) is 11.8 Å². The largest absolute Gasteiger partial charge is 0.344 e. The Balaban J connectivity index is 1.47. The lowest BCUT2D eigenvalue weighted by atomic mass is 10.0. The summed E-state index contributed by atoms with van der Waals surface area (Å²) in [4.78, 5) is 31.7. The lowest BCUT2D eigenvalue weighted by Crippen LogP contribution is -2.32. The van der Waals surface area contributed by atoms with Gasteiger partial charge in [0.2, 0.25) is 0 Å². The highest BCUT2D eigenvalue weighted by atomic mass is 16.2. The van der Waals surface area contributed by atoms with E-state index in [2.05, 4.69) is 27.2 Å². The first-order valence-corrected chi connectivity index (χ1v) is 12.5. The number of benzene rings is 3. The maximum Gasteiger partial charge on any atom is 0.264 e. The van der Waals surface area contributed by atoms with Crippen LogP contribution in [-0.2, 0) is 0 Å². The van der Waals surface area contributed by atoms with Gasteiger partial charge in [-0.25, -0.2) is 9.50 Å². The molecule has 0 saturated carbocycles. The number of hydrogen-bond donors (Lipinski definition) is 1. The van der Waals surface area contributed by atoms with Crippen LogP contribution in [0.2, 0.25) is 0 Å². The van der Waals surface area contributed by atoms with E-state index in [1.54, 1.807) is 27.5 Å². The standard InChI is InChI=1S/C32H23N5O2/c1-22(35-31(38)27-21-34-36-19-9-18-33-30(27)36)28-20-25-13-8-12-24(17-16-23-10-4-2-5-11-23)29(25)32(39)37(28)26-14-6-3-7-15-26/h2-15,18-22H,1H3,(H,35,38). The van der Waals surface area contributed by atoms with E-state index in [9.17, 15) is 9.59 Å². The summed E-state index contributed by atoms with van der Waals surface area (Å²) in [5.41, 5.74) is 3.47. The molecule has 0 aliphatic rings. The van der Waals surface area contributed by atoms with Gasteiger partial charge in [-0.3, -0.25) is 14.2 Å². The van der Waals surface area contributed by atoms with Crippen LogP contribution >= 0.6 is 0 Å². The van der Waals surface area contributed by atoms with Crippen molar-refractivity contribution < 1.29 is 4.79 Å². The summed E-state index contributed by atoms with van der Waals surface area (Å²) in [6.07, 6.45) is 4.84. The molecule has 1 unspecified atom stereocenters. The van der Waals surface area contributed by atoms with Crippen molar-refractivity contribution in [2.24, 2.45) is 0 Å². The third-order valence-corrected chi connectivity index (χ3v) is 6.52. The third-order valence-electron chi connectivity index (χ3n) is 6.52. The molecule has 6 aromatic rings. The Labute approximate surface area is 224 Å². The van der Waals surface area contributed by atoms with E-state index < -0.39 is 6.04 Å². The second-order valence-corrected chi connectivity index (χ2v) is 9.07. The minimum absolute atomic E-state index is 0.203. The van der Waals surface area contributed by atoms with Crippen LogP contribution < -0.4 is 10.9 Å². The highest BCUT2D eigenvalue weighted by Crippen LogP contribution is 2.24. The smallest absolute Gasteiger partial charge is 0.264 e. The lowest BCUT2D eigenvalue weighted by Gasteiger charge is -2.21. The molecule has 7 nitrogen and oxygen atoms in total. The van der Waals surface area contributed by atoms with Gasteiger partial charge in [-0.1, -0.05) is 60.4 Å². The number of amides is 1. The molecular weight excluding hydrogens is 486 g/mol. The van der Waals surface area contributed by atoms with Crippen molar-refractivity contribution in [3.63, 3.8) is 0 Å². The van der Waals surface area contributed by atoms with Crippen molar-refractivity contribution in [2.45, 2.75) is 13.0 Å². The Hall–Kier alpha value is -5.48. The molecule has 188 valence electrons. The van der Waals surface area contributed by atoms with Crippen molar-refractivity contribution in [1.82, 2.24) is 24.5 Å². The van der Waals surface area contributed by atoms with Crippen LogP contribution in [0.25, 0.3) is 22.1 Å². The van der Waals surface area contributed by atoms with E-state index in [0.29, 0.717) is 33.5 Å². The number of pyridine rings is 1. The molecule has 0 spiro atoms. The molecule has 1 atom stereocenters. The number of fused-ring (bicyclic) bond motifs is 2. The number of nitrogens with one attached hydrogen (secondary N) is 1. The second-order valence-electron chi connectivity index (χ2n) is 9.07. The Morgan fingerprint density at radius 2 is 1.69 bits per heavy atom. The number of rotatable bonds is 4. The second kappa shape index (κ2) is 10.1. The monoisotopic (exact) mass is 509 g/mol. The quantitative estimate of drug-likeness (QED) is 0.342. The maximum absolute atomic E-state index is 14.1. The molecule has 3 aromatic heterocycles. The molecule has 0 fully saturated rings. The summed E-state index contributed by atoms with van der Waals surface area (Å²) in [7, 11) is 0. The van der Waals surface area contributed by atoms with Gasteiger partial charge in [0.15, 0.2) is 5.65 Å². The third kappa shape index (κ3) is 4.56. The van der Waals surface area contributed by atoms with Gasteiger partial charge in [-0.2, -0.15) is 5.10 Å². The first kappa shape index (κ1) is 23.9. The van der Waals surface area contributed by atoms with Crippen molar-refractivity contribution in [3.8, 4) is 17.5 Å². The zero-order valence-electron chi connectivity index (χ0n) is 21.1. The molecule has 0 aliphatic heterocycles. The van der Waals surface area contributed by atoms with E-state index in [-0.39, 0.29) is 11.5 Å². The molecule has 1 amide bonds. The van der Waals surface area contributed by atoms with E-state index in [4.69, 9.17) is 0 Å². The van der Waals surface area contributed by atoms with Gasteiger partial charge in [-0.05, 0) is 54.8 Å². The van der Waals surface area contributed by atoms with Gasteiger partial charge < -0.3 is 5.32 Å². The van der Waals surface area contributed by atoms with Crippen LogP contribution in [0.1, 0.15) is 40.1 Å². The summed E-state index contributed by atoms with van der Waals surface area (Å²) in [6, 6.07) is 27.9. The molecule has 1 N–H and O–H groups in total. The minimum Gasteiger partial charge on any atom is -0.344 e. The molecular formula is C32H23N5O2. The number of hydrogen-bond acceptors (Lipinski definition) is 4. The van der Waals surface area contributed by atoms with Crippen LogP contribution in [0.5, 0.6) is 0 Å². The Morgan fingerprint density at radius 3 is 2.49 bits per heavy atom. The number of carbonyl (C=O) groups is 1. The fraction of sp³-hybridized carbons (Fsp3) is 0.0625. The molecule has 0 aliphatic carbocycles. The topological polar surface area (TPSA) is 81.3 Å². The van der Waals surface area contributed by atoms with Crippen molar-refractivity contribution in [1.29, 1.82) is 0 Å². The van der Waals surface area contributed by atoms with Crippen molar-refractivity contribution >= 4 is 22.3 Å². The number of aromatic nitrogens is 4. The zero-order valence-corrected chi connectivity index (χ0v) is 21.1. The normalized spacial score (nSPS) is 11.6. The van der Waals surface area contributed by atoms with E-state index in [0.717, 1.165) is 10.9 Å². The molecule has 0 radical (unpaired) electrons. The van der Waals surface area contributed by atoms with Crippen LogP contribution in [0.15, 0.2) is 114 Å². The van der Waals surface area contributed by atoms with Gasteiger partial charge in [0.05, 0.1) is 17.6 Å². The van der Waals surface area contributed by atoms with Crippen LogP contribution in [0.3, 0.4) is 0 Å². The number of carbonyl (C=O) groups excluding carboxylic acids is 1. The SMILES string of the molecule is CC(NC(=O)c1cnn2cccnc12)c1cc2cccc(C#Cc3ccccc3)c2c(=O)n1-c1ccccc1. The predicted molar refractivity (Wildman–Crippen MR) is 151 cm³/mol. The lowest BCUT2D eigenvalue weighted by molar-refractivity contribution is 0.0940. The summed E-state index contributed by atoms with van der Waals surface area (Å²) in [5.74, 6) is 6.03. The highest BCUT2D eigenvalue weighted by Gasteiger charge is 2.21. The number of para-hydroxylation sites is 1. The molecule has 7 heteroatoms. The highest BCUT2D eigenvalue weighted by molar-refractivity contribution is 5.99. The first-order chi connectivity index (χ1) is 19.1. The summed E-state index contributed by atoms with van der Waals surface area (Å²) in [6.45, 7) is 1.86. The average Bonchev–Trinajstić information content (AvgIpc) is 3.41. The van der Waals surface area contributed by atoms with Gasteiger partial charge in [0.25, 0.3) is 11.5 Å². The molecule has 0 saturated heterocycles. The molecule has 0 bridgehead atoms. The zero-order chi connectivity index (χ0) is 26.8.